The van der Waals surface area contributed by atoms with Crippen molar-refractivity contribution in [2.24, 2.45) is 0 Å². The smallest absolute Gasteiger partial charge is 0.411 e. The van der Waals surface area contributed by atoms with Gasteiger partial charge in [0.15, 0.2) is 0 Å². The van der Waals surface area contributed by atoms with E-state index in [9.17, 15) is 0 Å². The van der Waals surface area contributed by atoms with Crippen LogP contribution in [0.25, 0.3) is 0 Å². The Kier molecular flexibility index (Phi) is 27.8. The first kappa shape index (κ1) is 30.5. The van der Waals surface area contributed by atoms with Gasteiger partial charge in [0.05, 0.1) is 0 Å². The minimum absolute atomic E-state index is 0. The molecule has 0 rings (SSSR count). The summed E-state index contributed by atoms with van der Waals surface area (Å²) in [5.74, 6) is 0. The fraction of sp³-hybridized carbons (Fsp3) is 0.889. The first-order chi connectivity index (χ1) is 11.4. The van der Waals surface area contributed by atoms with Gasteiger partial charge in [-0.15, -0.1) is 0 Å². The van der Waals surface area contributed by atoms with Crippen molar-refractivity contribution in [3.8, 4) is 0 Å². The predicted octanol–water partition coefficient (Wildman–Crippen LogP) is 5.44. The minimum atomic E-state index is 0. The van der Waals surface area contributed by atoms with Crippen LogP contribution < -0.4 is 0 Å². The zero-order valence-corrected chi connectivity index (χ0v) is 20.7. The van der Waals surface area contributed by atoms with Gasteiger partial charge in [0.25, 0.3) is 0 Å². The SMILES string of the molecule is CCCCN(CCCC)C(=S)[S-].CCCCN(CCCC)C(=S)[S-].[Fe+2]. The maximum absolute atomic E-state index is 4.98. The zero-order valence-electron chi connectivity index (χ0n) is 16.4. The molecule has 0 aromatic rings. The number of thiocarbonyl (C=S) groups is 2. The molecule has 0 aliphatic rings. The molecule has 0 aliphatic carbocycles. The third-order valence-electron chi connectivity index (χ3n) is 3.64. The molecule has 0 aromatic carbocycles. The van der Waals surface area contributed by atoms with Gasteiger partial charge in [-0.05, 0) is 25.7 Å². The van der Waals surface area contributed by atoms with E-state index in [0.717, 1.165) is 26.2 Å². The van der Waals surface area contributed by atoms with E-state index in [1.54, 1.807) is 0 Å². The van der Waals surface area contributed by atoms with Crippen LogP contribution in [-0.4, -0.2) is 44.6 Å². The normalized spacial score (nSPS) is 9.44. The van der Waals surface area contributed by atoms with Gasteiger partial charge in [-0.1, -0.05) is 62.0 Å². The van der Waals surface area contributed by atoms with Crippen molar-refractivity contribution < 1.29 is 17.1 Å². The van der Waals surface area contributed by atoms with Gasteiger partial charge in [0.1, 0.15) is 0 Å². The molecule has 0 fully saturated rings. The van der Waals surface area contributed by atoms with Crippen molar-refractivity contribution in [3.05, 3.63) is 0 Å². The summed E-state index contributed by atoms with van der Waals surface area (Å²) in [5, 5.41) is 0. The Morgan fingerprint density at radius 3 is 0.920 bits per heavy atom. The molecule has 0 bridgehead atoms. The van der Waals surface area contributed by atoms with Crippen LogP contribution in [0.15, 0.2) is 0 Å². The maximum Gasteiger partial charge on any atom is 2.00 e. The van der Waals surface area contributed by atoms with Crippen LogP contribution in [0.3, 0.4) is 0 Å². The van der Waals surface area contributed by atoms with Crippen molar-refractivity contribution in [1.29, 1.82) is 0 Å². The molecule has 0 heterocycles. The number of unbranched alkanes of at least 4 members (excludes halogenated alkanes) is 4. The summed E-state index contributed by atoms with van der Waals surface area (Å²) in [5.41, 5.74) is 0. The van der Waals surface area contributed by atoms with Crippen LogP contribution in [0.4, 0.5) is 0 Å². The van der Waals surface area contributed by atoms with Gasteiger partial charge in [0, 0.05) is 26.2 Å². The molecular weight excluding hydrogens is 428 g/mol. The van der Waals surface area contributed by atoms with Gasteiger partial charge >= 0.3 is 17.1 Å². The molecule has 0 spiro atoms. The second-order valence-corrected chi connectivity index (χ2v) is 7.98. The van der Waals surface area contributed by atoms with Crippen LogP contribution in [0.1, 0.15) is 79.1 Å². The molecular formula is C18H36FeN2S4. The molecule has 150 valence electrons. The molecule has 0 atom stereocenters. The van der Waals surface area contributed by atoms with Crippen LogP contribution in [0.2, 0.25) is 0 Å². The van der Waals surface area contributed by atoms with E-state index < -0.39 is 0 Å². The third kappa shape index (κ3) is 20.9. The number of hydrogen-bond donors (Lipinski definition) is 0. The van der Waals surface area contributed by atoms with E-state index in [1.807, 2.05) is 0 Å². The predicted molar refractivity (Wildman–Crippen MR) is 123 cm³/mol. The van der Waals surface area contributed by atoms with E-state index in [1.165, 1.54) is 51.4 Å². The van der Waals surface area contributed by atoms with E-state index in [2.05, 4.69) is 37.5 Å². The standard InChI is InChI=1S/2C9H19NS2.Fe/c2*1-3-5-7-10(9(11)12)8-6-4-2;/h2*3-8H2,1-2H3,(H,11,12);/q;;+2/p-2. The van der Waals surface area contributed by atoms with Crippen LogP contribution >= 0.6 is 24.4 Å². The van der Waals surface area contributed by atoms with Gasteiger partial charge in [-0.25, -0.2) is 0 Å². The summed E-state index contributed by atoms with van der Waals surface area (Å²) < 4.78 is 1.27. The number of rotatable bonds is 12. The Labute approximate surface area is 189 Å². The summed E-state index contributed by atoms with van der Waals surface area (Å²) in [6, 6.07) is 0. The Bertz CT molecular complexity index is 271. The molecule has 0 saturated heterocycles. The Morgan fingerprint density at radius 1 is 0.600 bits per heavy atom. The molecule has 0 amide bonds. The van der Waals surface area contributed by atoms with E-state index in [4.69, 9.17) is 49.7 Å². The molecule has 0 radical (unpaired) electrons. The van der Waals surface area contributed by atoms with E-state index >= 15 is 0 Å². The number of hydrogen-bond acceptors (Lipinski definition) is 4. The van der Waals surface area contributed by atoms with Crippen LogP contribution in [-0.2, 0) is 42.3 Å². The average Bonchev–Trinajstić information content (AvgIpc) is 2.55. The van der Waals surface area contributed by atoms with Crippen LogP contribution in [0, 0.1) is 0 Å². The summed E-state index contributed by atoms with van der Waals surface area (Å²) in [4.78, 5) is 4.27. The number of nitrogens with zero attached hydrogens (tertiary/aromatic N) is 2. The van der Waals surface area contributed by atoms with Crippen molar-refractivity contribution in [1.82, 2.24) is 9.80 Å². The van der Waals surface area contributed by atoms with E-state index in [0.29, 0.717) is 8.64 Å². The summed E-state index contributed by atoms with van der Waals surface area (Å²) in [6.45, 7) is 12.9. The fourth-order valence-corrected chi connectivity index (χ4v) is 2.71. The fourth-order valence-electron chi connectivity index (χ4n) is 1.98. The summed E-state index contributed by atoms with van der Waals surface area (Å²) >= 11 is 19.9. The molecule has 0 saturated carbocycles. The minimum Gasteiger partial charge on any atom is -0.411 e. The van der Waals surface area contributed by atoms with Crippen molar-refractivity contribution in [2.75, 3.05) is 26.2 Å². The van der Waals surface area contributed by atoms with Crippen molar-refractivity contribution >= 4 is 58.3 Å². The zero-order chi connectivity index (χ0) is 18.8. The van der Waals surface area contributed by atoms with Gasteiger partial charge in [-0.2, -0.15) is 0 Å². The van der Waals surface area contributed by atoms with E-state index in [-0.39, 0.29) is 17.1 Å². The molecule has 25 heavy (non-hydrogen) atoms. The van der Waals surface area contributed by atoms with Crippen LogP contribution in [0.5, 0.6) is 0 Å². The molecule has 0 aromatic heterocycles. The Hall–Kier alpha value is 0.739. The van der Waals surface area contributed by atoms with Gasteiger partial charge in [-0.3, -0.25) is 0 Å². The third-order valence-corrected chi connectivity index (χ3v) is 4.68. The second kappa shape index (κ2) is 22.8. The molecule has 0 aliphatic heterocycles. The quantitative estimate of drug-likeness (QED) is 0.214. The average molecular weight is 465 g/mol. The second-order valence-electron chi connectivity index (χ2n) is 5.92. The topological polar surface area (TPSA) is 6.48 Å². The molecule has 0 unspecified atom stereocenters. The first-order valence-electron chi connectivity index (χ1n) is 9.36. The molecule has 0 N–H and O–H groups in total. The molecule has 7 heteroatoms. The maximum atomic E-state index is 4.98. The largest absolute Gasteiger partial charge is 2.00 e. The first-order valence-corrected chi connectivity index (χ1v) is 11.0. The van der Waals surface area contributed by atoms with Gasteiger partial charge < -0.3 is 59.5 Å². The monoisotopic (exact) mass is 464 g/mol. The summed E-state index contributed by atoms with van der Waals surface area (Å²) in [7, 11) is 0. The molecule has 2 nitrogen and oxygen atoms in total. The summed E-state index contributed by atoms with van der Waals surface area (Å²) in [6.07, 6.45) is 9.62. The Balaban J connectivity index is -0.000000372. The Morgan fingerprint density at radius 2 is 0.800 bits per heavy atom. The van der Waals surface area contributed by atoms with Crippen molar-refractivity contribution in [3.63, 3.8) is 0 Å². The van der Waals surface area contributed by atoms with Crippen molar-refractivity contribution in [2.45, 2.75) is 79.1 Å². The van der Waals surface area contributed by atoms with Gasteiger partial charge in [0.2, 0.25) is 0 Å².